The number of carbonyl (C=O) groups is 1. The summed E-state index contributed by atoms with van der Waals surface area (Å²) < 4.78 is 0. The van der Waals surface area contributed by atoms with E-state index < -0.39 is 0 Å². The third-order valence-corrected chi connectivity index (χ3v) is 2.31. The van der Waals surface area contributed by atoms with Crippen molar-refractivity contribution in [3.05, 3.63) is 23.8 Å². The lowest BCUT2D eigenvalue weighted by atomic mass is 10.1. The van der Waals surface area contributed by atoms with Gasteiger partial charge in [-0.1, -0.05) is 0 Å². The molecule has 1 aromatic carbocycles. The molecule has 0 aromatic heterocycles. The van der Waals surface area contributed by atoms with Crippen molar-refractivity contribution in [2.24, 2.45) is 4.99 Å². The van der Waals surface area contributed by atoms with Crippen LogP contribution < -0.4 is 4.90 Å². The molecular weight excluding hydrogens is 180 g/mol. The molecule has 4 heteroatoms. The van der Waals surface area contributed by atoms with Crippen LogP contribution in [-0.2, 0) is 16.0 Å². The highest BCUT2D eigenvalue weighted by atomic mass is 16.2. The first-order chi connectivity index (χ1) is 6.72. The minimum atomic E-state index is 0.0623. The van der Waals surface area contributed by atoms with Crippen molar-refractivity contribution < 1.29 is 9.59 Å². The Balaban J connectivity index is 2.49. The zero-order valence-corrected chi connectivity index (χ0v) is 7.65. The number of benzene rings is 1. The molecule has 0 saturated carbocycles. The quantitative estimate of drug-likeness (QED) is 0.490. The topological polar surface area (TPSA) is 49.7 Å². The van der Waals surface area contributed by atoms with Crippen molar-refractivity contribution in [3.63, 3.8) is 0 Å². The molecule has 0 aliphatic carbocycles. The van der Waals surface area contributed by atoms with E-state index >= 15 is 0 Å². The fourth-order valence-electron chi connectivity index (χ4n) is 1.58. The number of aliphatic imine (C=N–C) groups is 1. The molecule has 70 valence electrons. The molecule has 14 heavy (non-hydrogen) atoms. The molecule has 4 nitrogen and oxygen atoms in total. The van der Waals surface area contributed by atoms with Crippen molar-refractivity contribution >= 4 is 23.4 Å². The Morgan fingerprint density at radius 1 is 1.50 bits per heavy atom. The fraction of sp³-hybridized carbons (Fsp3) is 0.200. The second kappa shape index (κ2) is 3.09. The van der Waals surface area contributed by atoms with E-state index in [2.05, 4.69) is 4.99 Å². The van der Waals surface area contributed by atoms with Crippen LogP contribution in [0.1, 0.15) is 5.56 Å². The van der Waals surface area contributed by atoms with Crippen LogP contribution in [0, 0.1) is 0 Å². The summed E-state index contributed by atoms with van der Waals surface area (Å²) in [5, 5.41) is 0. The van der Waals surface area contributed by atoms with Gasteiger partial charge in [0.2, 0.25) is 12.0 Å². The molecule has 1 aromatic rings. The molecule has 2 rings (SSSR count). The Hall–Kier alpha value is -1.93. The summed E-state index contributed by atoms with van der Waals surface area (Å²) in [5.41, 5.74) is 2.34. The molecule has 0 N–H and O–H groups in total. The average molecular weight is 188 g/mol. The van der Waals surface area contributed by atoms with E-state index in [0.717, 1.165) is 11.3 Å². The molecule has 0 bridgehead atoms. The number of rotatable bonds is 1. The number of hydrogen-bond donors (Lipinski definition) is 0. The molecule has 0 spiro atoms. The highest BCUT2D eigenvalue weighted by Gasteiger charge is 2.23. The Morgan fingerprint density at radius 3 is 3.00 bits per heavy atom. The Labute approximate surface area is 80.9 Å². The Kier molecular flexibility index (Phi) is 1.91. The molecule has 1 amide bonds. The Morgan fingerprint density at radius 2 is 2.29 bits per heavy atom. The molecule has 0 saturated heterocycles. The highest BCUT2D eigenvalue weighted by Crippen LogP contribution is 2.30. The van der Waals surface area contributed by atoms with E-state index in [4.69, 9.17) is 0 Å². The maximum atomic E-state index is 11.3. The molecule has 1 aliphatic heterocycles. The van der Waals surface area contributed by atoms with Gasteiger partial charge < -0.3 is 4.90 Å². The monoisotopic (exact) mass is 188 g/mol. The van der Waals surface area contributed by atoms with E-state index in [1.165, 1.54) is 6.08 Å². The van der Waals surface area contributed by atoms with Gasteiger partial charge in [0.1, 0.15) is 0 Å². The summed E-state index contributed by atoms with van der Waals surface area (Å²) in [4.78, 5) is 26.5. The van der Waals surface area contributed by atoms with Crippen LogP contribution in [0.4, 0.5) is 11.4 Å². The summed E-state index contributed by atoms with van der Waals surface area (Å²) in [5.74, 6) is 0.0623. The lowest BCUT2D eigenvalue weighted by molar-refractivity contribution is -0.117. The lowest BCUT2D eigenvalue weighted by Gasteiger charge is -2.08. The molecular formula is C10H8N2O2. The van der Waals surface area contributed by atoms with Gasteiger partial charge in [0.05, 0.1) is 12.1 Å². The first-order valence-electron chi connectivity index (χ1n) is 4.20. The number of carbonyl (C=O) groups excluding carboxylic acids is 2. The molecule has 0 unspecified atom stereocenters. The van der Waals surface area contributed by atoms with Crippen molar-refractivity contribution in [1.82, 2.24) is 0 Å². The third kappa shape index (κ3) is 1.22. The summed E-state index contributed by atoms with van der Waals surface area (Å²) in [6.07, 6.45) is 1.86. The van der Waals surface area contributed by atoms with E-state index in [1.807, 2.05) is 0 Å². The van der Waals surface area contributed by atoms with Crippen LogP contribution in [0.25, 0.3) is 0 Å². The van der Waals surface area contributed by atoms with Crippen molar-refractivity contribution in [2.75, 3.05) is 11.9 Å². The molecule has 0 fully saturated rings. The van der Waals surface area contributed by atoms with Crippen LogP contribution in [0.15, 0.2) is 23.2 Å². The molecule has 1 heterocycles. The average Bonchev–Trinajstić information content (AvgIpc) is 2.43. The second-order valence-electron chi connectivity index (χ2n) is 3.15. The number of amides is 1. The van der Waals surface area contributed by atoms with E-state index in [-0.39, 0.29) is 5.91 Å². The van der Waals surface area contributed by atoms with E-state index in [9.17, 15) is 9.59 Å². The largest absolute Gasteiger partial charge is 0.315 e. The van der Waals surface area contributed by atoms with Gasteiger partial charge in [-0.15, -0.1) is 0 Å². The van der Waals surface area contributed by atoms with E-state index in [0.29, 0.717) is 12.1 Å². The van der Waals surface area contributed by atoms with Crippen LogP contribution in [-0.4, -0.2) is 19.0 Å². The first-order valence-corrected chi connectivity index (χ1v) is 4.20. The third-order valence-electron chi connectivity index (χ3n) is 2.31. The fourth-order valence-corrected chi connectivity index (χ4v) is 1.58. The van der Waals surface area contributed by atoms with Crippen molar-refractivity contribution in [1.29, 1.82) is 0 Å². The summed E-state index contributed by atoms with van der Waals surface area (Å²) in [6.45, 7) is 0. The van der Waals surface area contributed by atoms with Gasteiger partial charge in [0.15, 0.2) is 0 Å². The molecule has 0 radical (unpaired) electrons. The summed E-state index contributed by atoms with van der Waals surface area (Å²) in [6, 6.07) is 5.22. The van der Waals surface area contributed by atoms with Gasteiger partial charge >= 0.3 is 0 Å². The van der Waals surface area contributed by atoms with Gasteiger partial charge in [-0.2, -0.15) is 4.99 Å². The number of likely N-dealkylation sites (N-methyl/N-ethyl adjacent to an activating group) is 1. The maximum Gasteiger partial charge on any atom is 0.240 e. The van der Waals surface area contributed by atoms with Gasteiger partial charge in [-0.3, -0.25) is 4.79 Å². The highest BCUT2D eigenvalue weighted by molar-refractivity contribution is 6.01. The smallest absolute Gasteiger partial charge is 0.240 e. The van der Waals surface area contributed by atoms with Crippen LogP contribution in [0.5, 0.6) is 0 Å². The van der Waals surface area contributed by atoms with Crippen molar-refractivity contribution in [2.45, 2.75) is 6.42 Å². The standard InChI is InChI=1S/C10H8N2O2/c1-12-9-3-2-8(11-6-13)4-7(9)5-10(12)14/h2-4H,5H2,1H3. The molecule has 0 atom stereocenters. The zero-order valence-electron chi connectivity index (χ0n) is 7.65. The minimum Gasteiger partial charge on any atom is -0.315 e. The van der Waals surface area contributed by atoms with Crippen LogP contribution >= 0.6 is 0 Å². The van der Waals surface area contributed by atoms with Gasteiger partial charge in [0, 0.05) is 12.7 Å². The van der Waals surface area contributed by atoms with Crippen molar-refractivity contribution in [3.8, 4) is 0 Å². The van der Waals surface area contributed by atoms with Gasteiger partial charge in [0.25, 0.3) is 0 Å². The Bertz CT molecular complexity index is 447. The summed E-state index contributed by atoms with van der Waals surface area (Å²) >= 11 is 0. The number of hydrogen-bond acceptors (Lipinski definition) is 3. The second-order valence-corrected chi connectivity index (χ2v) is 3.15. The maximum absolute atomic E-state index is 11.3. The number of nitrogens with zero attached hydrogens (tertiary/aromatic N) is 2. The van der Waals surface area contributed by atoms with Gasteiger partial charge in [-0.25, -0.2) is 4.79 Å². The SMILES string of the molecule is CN1C(=O)Cc2cc(N=C=O)ccc21. The predicted octanol–water partition coefficient (Wildman–Crippen LogP) is 1.17. The number of anilines is 1. The predicted molar refractivity (Wildman–Crippen MR) is 51.3 cm³/mol. The summed E-state index contributed by atoms with van der Waals surface area (Å²) in [7, 11) is 1.73. The van der Waals surface area contributed by atoms with Gasteiger partial charge in [-0.05, 0) is 23.8 Å². The molecule has 1 aliphatic rings. The number of isocyanates is 1. The normalized spacial score (nSPS) is 13.8. The van der Waals surface area contributed by atoms with Crippen LogP contribution in [0.2, 0.25) is 0 Å². The number of fused-ring (bicyclic) bond motifs is 1. The minimum absolute atomic E-state index is 0.0623. The first kappa shape index (κ1) is 8.66. The van der Waals surface area contributed by atoms with Crippen LogP contribution in [0.3, 0.4) is 0 Å². The lowest BCUT2D eigenvalue weighted by Crippen LogP contribution is -2.20. The van der Waals surface area contributed by atoms with E-state index in [1.54, 1.807) is 30.1 Å². The zero-order chi connectivity index (χ0) is 10.1.